The number of carbonyl (C=O) groups excluding carboxylic acids is 3. The number of imide groups is 1. The monoisotopic (exact) mass is 308 g/mol. The third kappa shape index (κ3) is 3.64. The molecule has 1 aromatic heterocycles. The minimum Gasteiger partial charge on any atom is -0.459 e. The van der Waals surface area contributed by atoms with Gasteiger partial charge < -0.3 is 14.6 Å². The van der Waals surface area contributed by atoms with Crippen LogP contribution in [0.2, 0.25) is 0 Å². The summed E-state index contributed by atoms with van der Waals surface area (Å²) >= 11 is 0. The van der Waals surface area contributed by atoms with Crippen molar-refractivity contribution in [3.8, 4) is 0 Å². The van der Waals surface area contributed by atoms with E-state index in [4.69, 9.17) is 4.42 Å². The van der Waals surface area contributed by atoms with Gasteiger partial charge in [-0.25, -0.2) is 4.79 Å². The molecule has 22 heavy (non-hydrogen) atoms. The normalized spacial score (nSPS) is 16.9. The number of hydrogen-bond acceptors (Lipinski definition) is 5. The van der Waals surface area contributed by atoms with Crippen molar-refractivity contribution in [2.45, 2.75) is 13.0 Å². The fourth-order valence-corrected chi connectivity index (χ4v) is 2.31. The Morgan fingerprint density at radius 1 is 1.23 bits per heavy atom. The molecule has 0 radical (unpaired) electrons. The first-order valence-electron chi connectivity index (χ1n) is 7.12. The molecule has 1 fully saturated rings. The van der Waals surface area contributed by atoms with Crippen molar-refractivity contribution in [3.63, 3.8) is 0 Å². The number of hydrogen-bond donors (Lipinski definition) is 2. The molecule has 8 heteroatoms. The van der Waals surface area contributed by atoms with Crippen LogP contribution in [0.3, 0.4) is 0 Å². The van der Waals surface area contributed by atoms with E-state index in [0.717, 1.165) is 0 Å². The van der Waals surface area contributed by atoms with E-state index < -0.39 is 12.1 Å². The Bertz CT molecular complexity index is 535. The average Bonchev–Trinajstić information content (AvgIpc) is 3.07. The maximum atomic E-state index is 12.1. The Balaban J connectivity index is 1.85. The van der Waals surface area contributed by atoms with Crippen molar-refractivity contribution in [1.29, 1.82) is 0 Å². The summed E-state index contributed by atoms with van der Waals surface area (Å²) in [6.45, 7) is 3.89. The quantitative estimate of drug-likeness (QED) is 0.812. The van der Waals surface area contributed by atoms with Gasteiger partial charge in [0.15, 0.2) is 5.76 Å². The van der Waals surface area contributed by atoms with E-state index >= 15 is 0 Å². The lowest BCUT2D eigenvalue weighted by Gasteiger charge is -2.36. The summed E-state index contributed by atoms with van der Waals surface area (Å²) in [7, 11) is 1.45. The van der Waals surface area contributed by atoms with E-state index in [1.165, 1.54) is 13.3 Å². The standard InChI is InChI=1S/C14H20N4O4/c1-10(12(19)16-14(21)15-2)17-5-7-18(8-6-17)13(20)11-4-3-9-22-11/h3-4,9-10H,5-8H2,1-2H3,(H2,15,16,19,21)/t10-/m1/s1. The first-order chi connectivity index (χ1) is 10.5. The lowest BCUT2D eigenvalue weighted by atomic mass is 10.2. The molecule has 1 aliphatic heterocycles. The minimum atomic E-state index is -0.525. The molecular formula is C14H20N4O4. The second-order valence-corrected chi connectivity index (χ2v) is 5.05. The molecule has 8 nitrogen and oxygen atoms in total. The van der Waals surface area contributed by atoms with E-state index in [9.17, 15) is 14.4 Å². The van der Waals surface area contributed by atoms with Crippen LogP contribution in [0.15, 0.2) is 22.8 Å². The molecule has 0 saturated carbocycles. The molecule has 0 spiro atoms. The summed E-state index contributed by atoms with van der Waals surface area (Å²) < 4.78 is 5.10. The third-order valence-electron chi connectivity index (χ3n) is 3.72. The highest BCUT2D eigenvalue weighted by Gasteiger charge is 2.29. The molecule has 4 amide bonds. The van der Waals surface area contributed by atoms with Gasteiger partial charge in [0.05, 0.1) is 12.3 Å². The molecular weight excluding hydrogens is 288 g/mol. The molecule has 2 N–H and O–H groups in total. The average molecular weight is 308 g/mol. The second-order valence-electron chi connectivity index (χ2n) is 5.05. The second kappa shape index (κ2) is 7.08. The molecule has 120 valence electrons. The maximum absolute atomic E-state index is 12.1. The number of urea groups is 1. The molecule has 0 bridgehead atoms. The van der Waals surface area contributed by atoms with Crippen LogP contribution in [0.5, 0.6) is 0 Å². The highest BCUT2D eigenvalue weighted by atomic mass is 16.3. The van der Waals surface area contributed by atoms with E-state index in [1.54, 1.807) is 24.0 Å². The largest absolute Gasteiger partial charge is 0.459 e. The highest BCUT2D eigenvalue weighted by Crippen LogP contribution is 2.11. The number of amides is 4. The zero-order valence-corrected chi connectivity index (χ0v) is 12.7. The lowest BCUT2D eigenvalue weighted by Crippen LogP contribution is -2.56. The van der Waals surface area contributed by atoms with Gasteiger partial charge in [0, 0.05) is 33.2 Å². The topological polar surface area (TPSA) is 94.9 Å². The molecule has 1 aromatic rings. The summed E-state index contributed by atoms with van der Waals surface area (Å²) in [6, 6.07) is 2.35. The van der Waals surface area contributed by atoms with Crippen molar-refractivity contribution in [2.75, 3.05) is 33.2 Å². The van der Waals surface area contributed by atoms with Crippen molar-refractivity contribution in [1.82, 2.24) is 20.4 Å². The van der Waals surface area contributed by atoms with Crippen LogP contribution in [0, 0.1) is 0 Å². The fraction of sp³-hybridized carbons (Fsp3) is 0.500. The molecule has 1 saturated heterocycles. The highest BCUT2D eigenvalue weighted by molar-refractivity contribution is 5.96. The Labute approximate surface area is 128 Å². The van der Waals surface area contributed by atoms with Crippen molar-refractivity contribution in [3.05, 3.63) is 24.2 Å². The van der Waals surface area contributed by atoms with Gasteiger partial charge in [-0.1, -0.05) is 0 Å². The summed E-state index contributed by atoms with van der Waals surface area (Å²) in [5.41, 5.74) is 0. The Morgan fingerprint density at radius 2 is 1.91 bits per heavy atom. The van der Waals surface area contributed by atoms with Crippen molar-refractivity contribution in [2.24, 2.45) is 0 Å². The Kier molecular flexibility index (Phi) is 5.16. The fourth-order valence-electron chi connectivity index (χ4n) is 2.31. The van der Waals surface area contributed by atoms with Crippen LogP contribution in [0.1, 0.15) is 17.5 Å². The van der Waals surface area contributed by atoms with E-state index in [-0.39, 0.29) is 11.8 Å². The minimum absolute atomic E-state index is 0.146. The van der Waals surface area contributed by atoms with Crippen LogP contribution in [-0.4, -0.2) is 66.9 Å². The van der Waals surface area contributed by atoms with Crippen LogP contribution < -0.4 is 10.6 Å². The van der Waals surface area contributed by atoms with Gasteiger partial charge in [0.2, 0.25) is 5.91 Å². The van der Waals surface area contributed by atoms with E-state index in [2.05, 4.69) is 10.6 Å². The van der Waals surface area contributed by atoms with Gasteiger partial charge in [-0.3, -0.25) is 19.8 Å². The number of nitrogens with zero attached hydrogens (tertiary/aromatic N) is 2. The molecule has 0 unspecified atom stereocenters. The number of furan rings is 1. The van der Waals surface area contributed by atoms with E-state index in [0.29, 0.717) is 31.9 Å². The van der Waals surface area contributed by atoms with Crippen LogP contribution >= 0.6 is 0 Å². The third-order valence-corrected chi connectivity index (χ3v) is 3.72. The predicted octanol–water partition coefficient (Wildman–Crippen LogP) is -0.118. The maximum Gasteiger partial charge on any atom is 0.321 e. The Hall–Kier alpha value is -2.35. The van der Waals surface area contributed by atoms with Crippen LogP contribution in [0.25, 0.3) is 0 Å². The summed E-state index contributed by atoms with van der Waals surface area (Å²) in [5.74, 6) is -0.184. The van der Waals surface area contributed by atoms with Gasteiger partial charge in [0.25, 0.3) is 5.91 Å². The van der Waals surface area contributed by atoms with Gasteiger partial charge in [-0.15, -0.1) is 0 Å². The summed E-state index contributed by atoms with van der Waals surface area (Å²) in [5, 5.41) is 4.60. The van der Waals surface area contributed by atoms with Crippen molar-refractivity contribution < 1.29 is 18.8 Å². The summed E-state index contributed by atoms with van der Waals surface area (Å²) in [4.78, 5) is 38.8. The molecule has 0 aromatic carbocycles. The molecule has 0 aliphatic carbocycles. The number of nitrogens with one attached hydrogen (secondary N) is 2. The number of rotatable bonds is 3. The molecule has 2 rings (SSSR count). The lowest BCUT2D eigenvalue weighted by molar-refractivity contribution is -0.125. The zero-order chi connectivity index (χ0) is 16.1. The first kappa shape index (κ1) is 16.0. The smallest absolute Gasteiger partial charge is 0.321 e. The van der Waals surface area contributed by atoms with Gasteiger partial charge in [-0.2, -0.15) is 0 Å². The molecule has 1 aliphatic rings. The SMILES string of the molecule is CNC(=O)NC(=O)[C@@H](C)N1CCN(C(=O)c2ccco2)CC1. The molecule has 1 atom stereocenters. The van der Waals surface area contributed by atoms with Gasteiger partial charge in [-0.05, 0) is 19.1 Å². The Morgan fingerprint density at radius 3 is 2.45 bits per heavy atom. The van der Waals surface area contributed by atoms with Crippen LogP contribution in [0.4, 0.5) is 4.79 Å². The predicted molar refractivity (Wildman–Crippen MR) is 78.2 cm³/mol. The van der Waals surface area contributed by atoms with Gasteiger partial charge in [0.1, 0.15) is 0 Å². The van der Waals surface area contributed by atoms with Crippen LogP contribution in [-0.2, 0) is 4.79 Å². The van der Waals surface area contributed by atoms with Gasteiger partial charge >= 0.3 is 6.03 Å². The number of piperazine rings is 1. The van der Waals surface area contributed by atoms with E-state index in [1.807, 2.05) is 4.90 Å². The molecule has 2 heterocycles. The van der Waals surface area contributed by atoms with Crippen molar-refractivity contribution >= 4 is 17.8 Å². The first-order valence-corrected chi connectivity index (χ1v) is 7.12. The summed E-state index contributed by atoms with van der Waals surface area (Å²) in [6.07, 6.45) is 1.47. The number of carbonyl (C=O) groups is 3. The zero-order valence-electron chi connectivity index (χ0n) is 12.7.